The number of imidazole rings is 1. The number of fused-ring (bicyclic) bond motifs is 1. The maximum Gasteiger partial charge on any atom is 0.223 e. The monoisotopic (exact) mass is 554 g/mol. The van der Waals surface area contributed by atoms with Crippen LogP contribution in [0.25, 0.3) is 27.6 Å². The van der Waals surface area contributed by atoms with E-state index in [-0.39, 0.29) is 23.2 Å². The molecule has 4 heterocycles. The first-order valence-corrected chi connectivity index (χ1v) is 13.8. The number of anilines is 1. The van der Waals surface area contributed by atoms with Gasteiger partial charge in [-0.25, -0.2) is 32.2 Å². The van der Waals surface area contributed by atoms with Crippen LogP contribution < -0.4 is 5.32 Å². The second-order valence-corrected chi connectivity index (χ2v) is 11.1. The quantitative estimate of drug-likeness (QED) is 0.331. The average molecular weight is 555 g/mol. The molecule has 1 aliphatic rings. The van der Waals surface area contributed by atoms with Crippen LogP contribution in [-0.4, -0.2) is 52.5 Å². The van der Waals surface area contributed by atoms with Crippen molar-refractivity contribution in [3.05, 3.63) is 84.0 Å². The van der Waals surface area contributed by atoms with Crippen LogP contribution in [0, 0.1) is 11.6 Å². The fourth-order valence-corrected chi connectivity index (χ4v) is 6.48. The van der Waals surface area contributed by atoms with Crippen molar-refractivity contribution in [1.82, 2.24) is 23.7 Å². The van der Waals surface area contributed by atoms with Crippen LogP contribution in [0.5, 0.6) is 0 Å². The van der Waals surface area contributed by atoms with E-state index in [0.717, 1.165) is 34.8 Å². The van der Waals surface area contributed by atoms with E-state index in [9.17, 15) is 13.0 Å². The normalized spacial score (nSPS) is 16.7. The minimum Gasteiger partial charge on any atom is -0.412 e. The molecule has 2 aromatic carbocycles. The molecular formula is C26H24F2N6O2S2. The molecule has 12 heteroatoms. The highest BCUT2D eigenvalue weighted by atomic mass is 32.2. The zero-order valence-electron chi connectivity index (χ0n) is 20.1. The zero-order valence-corrected chi connectivity index (χ0v) is 21.7. The second kappa shape index (κ2) is 11.0. The molecule has 8 nitrogen and oxygen atoms in total. The van der Waals surface area contributed by atoms with Crippen molar-refractivity contribution in [2.45, 2.75) is 23.8 Å². The molecule has 6 rings (SSSR count). The second-order valence-electron chi connectivity index (χ2n) is 8.71. The number of nitrogens with zero attached hydrogens (tertiary/aromatic N) is 5. The Morgan fingerprint density at radius 1 is 1.00 bits per heavy atom. The average Bonchev–Trinajstić information content (AvgIpc) is 3.51. The van der Waals surface area contributed by atoms with Gasteiger partial charge in [0.05, 0.1) is 16.3 Å². The van der Waals surface area contributed by atoms with E-state index in [1.807, 2.05) is 26.3 Å². The van der Waals surface area contributed by atoms with Gasteiger partial charge in [0.25, 0.3) is 0 Å². The number of piperidine rings is 1. The fourth-order valence-electron chi connectivity index (χ4n) is 4.49. The van der Waals surface area contributed by atoms with Gasteiger partial charge in [0.2, 0.25) is 5.95 Å². The molecule has 2 atom stereocenters. The first kappa shape index (κ1) is 26.0. The van der Waals surface area contributed by atoms with Crippen LogP contribution in [-0.2, 0) is 11.0 Å². The summed E-state index contributed by atoms with van der Waals surface area (Å²) in [5, 5.41) is 5.36. The number of thiazole rings is 1. The number of aromatic nitrogens is 4. The topological polar surface area (TPSA) is 107 Å². The van der Waals surface area contributed by atoms with Crippen molar-refractivity contribution in [1.29, 1.82) is 0 Å². The summed E-state index contributed by atoms with van der Waals surface area (Å²) in [5.74, 6) is -0.189. The molecule has 1 unspecified atom stereocenters. The summed E-state index contributed by atoms with van der Waals surface area (Å²) in [5.41, 5.74) is 3.00. The predicted molar refractivity (Wildman–Crippen MR) is 144 cm³/mol. The maximum absolute atomic E-state index is 13.5. The minimum absolute atomic E-state index is 0. The Hall–Kier alpha value is -3.58. The third kappa shape index (κ3) is 5.20. The molecular weight excluding hydrogens is 530 g/mol. The number of hydrogen-bond acceptors (Lipinski definition) is 6. The van der Waals surface area contributed by atoms with Crippen molar-refractivity contribution in [2.24, 2.45) is 0 Å². The van der Waals surface area contributed by atoms with Gasteiger partial charge >= 0.3 is 0 Å². The van der Waals surface area contributed by atoms with Gasteiger partial charge in [-0.05, 0) is 67.4 Å². The molecule has 1 aliphatic heterocycles. The van der Waals surface area contributed by atoms with Gasteiger partial charge in [-0.15, -0.1) is 11.3 Å². The number of halogens is 2. The molecule has 5 aromatic rings. The van der Waals surface area contributed by atoms with Gasteiger partial charge in [-0.2, -0.15) is 0 Å². The fraction of sp³-hybridized carbons (Fsp3) is 0.192. The van der Waals surface area contributed by atoms with Gasteiger partial charge in [-0.1, -0.05) is 0 Å². The van der Waals surface area contributed by atoms with Gasteiger partial charge in [0.15, 0.2) is 4.96 Å². The Bertz CT molecular complexity index is 1570. The Labute approximate surface area is 223 Å². The lowest BCUT2D eigenvalue weighted by Crippen LogP contribution is -2.43. The molecule has 1 saturated heterocycles. The molecule has 0 amide bonds. The molecule has 0 spiro atoms. The Morgan fingerprint density at radius 3 is 2.50 bits per heavy atom. The smallest absolute Gasteiger partial charge is 0.223 e. The molecule has 0 saturated carbocycles. The number of rotatable bonds is 6. The van der Waals surface area contributed by atoms with E-state index in [4.69, 9.17) is 9.97 Å². The van der Waals surface area contributed by atoms with Gasteiger partial charge in [-0.3, -0.25) is 4.40 Å². The van der Waals surface area contributed by atoms with Crippen molar-refractivity contribution >= 4 is 33.2 Å². The van der Waals surface area contributed by atoms with E-state index in [0.29, 0.717) is 29.6 Å². The summed E-state index contributed by atoms with van der Waals surface area (Å²) in [6, 6.07) is 13.9. The third-order valence-corrected chi connectivity index (χ3v) is 8.48. The molecule has 3 aromatic heterocycles. The van der Waals surface area contributed by atoms with Crippen LogP contribution in [0.1, 0.15) is 12.8 Å². The zero-order chi connectivity index (χ0) is 25.4. The highest BCUT2D eigenvalue weighted by Crippen LogP contribution is 2.34. The summed E-state index contributed by atoms with van der Waals surface area (Å²) in [6.45, 7) is 1.23. The van der Waals surface area contributed by atoms with Crippen LogP contribution in [0.4, 0.5) is 14.7 Å². The highest BCUT2D eigenvalue weighted by Gasteiger charge is 2.26. The molecule has 0 bridgehead atoms. The summed E-state index contributed by atoms with van der Waals surface area (Å²) in [6.07, 6.45) is 5.38. The molecule has 3 N–H and O–H groups in total. The molecule has 0 radical (unpaired) electrons. The van der Waals surface area contributed by atoms with Crippen LogP contribution in [0.3, 0.4) is 0 Å². The first-order chi connectivity index (χ1) is 18.0. The Balaban J connectivity index is 0.00000294. The maximum atomic E-state index is 13.5. The lowest BCUT2D eigenvalue weighted by atomic mass is 10.1. The third-order valence-electron chi connectivity index (χ3n) is 6.25. The predicted octanol–water partition coefficient (Wildman–Crippen LogP) is 4.57. The summed E-state index contributed by atoms with van der Waals surface area (Å²) in [4.78, 5) is 15.4. The van der Waals surface area contributed by atoms with Crippen molar-refractivity contribution < 1.29 is 18.5 Å². The standard InChI is InChI=1S/C26H22F2N6OS2.H2O/c27-18-5-3-17(4-6-18)23-24(34-14-15-36-26(34)32-23)22-11-12-29-25(31-22)30-20-2-1-13-33(16-20)37(35)21-9-7-19(28)8-10-21;/h3-12,14-15,20H,1-2,13,16H2,(H,29,30,31);1H2/t20-,37?;/m1./s1. The lowest BCUT2D eigenvalue weighted by molar-refractivity contribution is 0.342. The van der Waals surface area contributed by atoms with Crippen molar-refractivity contribution in [2.75, 3.05) is 18.4 Å². The summed E-state index contributed by atoms with van der Waals surface area (Å²) in [7, 11) is -1.37. The lowest BCUT2D eigenvalue weighted by Gasteiger charge is -2.32. The molecule has 0 aliphatic carbocycles. The number of nitrogens with one attached hydrogen (secondary N) is 1. The SMILES string of the molecule is O.O=S(c1ccc(F)cc1)N1CCC[C@@H](Nc2nccc(-c3c(-c4ccc(F)cc4)nc4sccn34)n2)C1. The number of benzene rings is 2. The highest BCUT2D eigenvalue weighted by molar-refractivity contribution is 7.82. The van der Waals surface area contributed by atoms with Gasteiger partial charge < -0.3 is 10.8 Å². The number of hydrogen-bond donors (Lipinski definition) is 1. The van der Waals surface area contributed by atoms with E-state index in [1.165, 1.54) is 35.6 Å². The molecule has 196 valence electrons. The van der Waals surface area contributed by atoms with E-state index in [1.54, 1.807) is 30.5 Å². The summed E-state index contributed by atoms with van der Waals surface area (Å²) < 4.78 is 43.7. The largest absolute Gasteiger partial charge is 0.412 e. The van der Waals surface area contributed by atoms with Crippen molar-refractivity contribution in [3.63, 3.8) is 0 Å². The van der Waals surface area contributed by atoms with Crippen LogP contribution in [0.15, 0.2) is 77.3 Å². The summed E-state index contributed by atoms with van der Waals surface area (Å²) >= 11 is 1.51. The van der Waals surface area contributed by atoms with E-state index >= 15 is 0 Å². The molecule has 38 heavy (non-hydrogen) atoms. The van der Waals surface area contributed by atoms with E-state index < -0.39 is 11.0 Å². The minimum atomic E-state index is -1.37. The molecule has 1 fully saturated rings. The van der Waals surface area contributed by atoms with Crippen molar-refractivity contribution in [3.8, 4) is 22.6 Å². The van der Waals surface area contributed by atoms with Gasteiger partial charge in [0.1, 0.15) is 28.3 Å². The first-order valence-electron chi connectivity index (χ1n) is 11.8. The Morgan fingerprint density at radius 2 is 1.74 bits per heavy atom. The Kier molecular flexibility index (Phi) is 7.56. The van der Waals surface area contributed by atoms with Gasteiger partial charge in [0, 0.05) is 42.5 Å². The van der Waals surface area contributed by atoms with Crippen LogP contribution >= 0.6 is 11.3 Å². The van der Waals surface area contributed by atoms with Crippen LogP contribution in [0.2, 0.25) is 0 Å². The van der Waals surface area contributed by atoms with E-state index in [2.05, 4.69) is 10.3 Å².